The highest BCUT2D eigenvalue weighted by Crippen LogP contribution is 2.08. The zero-order valence-corrected chi connectivity index (χ0v) is 9.45. The number of hydrogen-bond donors (Lipinski definition) is 1. The molecule has 16 heavy (non-hydrogen) atoms. The third kappa shape index (κ3) is 1.77. The van der Waals surface area contributed by atoms with Gasteiger partial charge in [0.2, 0.25) is 0 Å². The van der Waals surface area contributed by atoms with Gasteiger partial charge < -0.3 is 4.74 Å². The molecule has 0 amide bonds. The summed E-state index contributed by atoms with van der Waals surface area (Å²) in [5, 5.41) is 2.83. The second-order valence-electron chi connectivity index (χ2n) is 3.15. The molecule has 0 aliphatic carbocycles. The van der Waals surface area contributed by atoms with Crippen LogP contribution in [0, 0.1) is 4.51 Å². The number of methoxy groups -OCH3 is 1. The van der Waals surface area contributed by atoms with E-state index >= 15 is 0 Å². The lowest BCUT2D eigenvalue weighted by atomic mass is 10.3. The molecule has 0 saturated carbocycles. The van der Waals surface area contributed by atoms with Crippen LogP contribution in [0.5, 0.6) is 5.75 Å². The molecule has 82 valence electrons. The van der Waals surface area contributed by atoms with Gasteiger partial charge in [0.05, 0.1) is 19.0 Å². The summed E-state index contributed by atoms with van der Waals surface area (Å²) in [4.78, 5) is 11.9. The first-order chi connectivity index (χ1) is 7.74. The Labute approximate surface area is 97.1 Å². The number of hydrogen-bond acceptors (Lipinski definition) is 3. The van der Waals surface area contributed by atoms with Crippen molar-refractivity contribution in [3.63, 3.8) is 0 Å². The fraction of sp³-hybridized carbons (Fsp3) is 0.0909. The van der Waals surface area contributed by atoms with Gasteiger partial charge in [0.1, 0.15) is 4.51 Å². The third-order valence-corrected chi connectivity index (χ3v) is 2.56. The minimum atomic E-state index is -0.291. The number of aromatic amines is 1. The topological polar surface area (TPSA) is 47.0 Å². The van der Waals surface area contributed by atoms with E-state index in [1.54, 1.807) is 6.20 Å². The monoisotopic (exact) mass is 234 g/mol. The van der Waals surface area contributed by atoms with Crippen LogP contribution in [-0.2, 0) is 0 Å². The summed E-state index contributed by atoms with van der Waals surface area (Å²) in [6, 6.07) is 9.22. The molecule has 0 fully saturated rings. The fourth-order valence-electron chi connectivity index (χ4n) is 1.37. The van der Waals surface area contributed by atoms with Crippen LogP contribution in [0.4, 0.5) is 0 Å². The van der Waals surface area contributed by atoms with Crippen LogP contribution in [0.2, 0.25) is 0 Å². The number of nitrogens with zero attached hydrogens (tertiary/aromatic N) is 1. The van der Waals surface area contributed by atoms with Crippen LogP contribution in [0.3, 0.4) is 0 Å². The summed E-state index contributed by atoms with van der Waals surface area (Å²) in [5.41, 5.74) is 0.446. The molecule has 0 spiro atoms. The molecule has 2 rings (SSSR count). The zero-order chi connectivity index (χ0) is 11.5. The van der Waals surface area contributed by atoms with Crippen molar-refractivity contribution in [3.8, 4) is 11.4 Å². The Morgan fingerprint density at radius 2 is 2.00 bits per heavy atom. The van der Waals surface area contributed by atoms with Crippen LogP contribution in [0.15, 0.2) is 41.3 Å². The molecule has 1 heterocycles. The van der Waals surface area contributed by atoms with Crippen LogP contribution in [0.25, 0.3) is 5.69 Å². The van der Waals surface area contributed by atoms with E-state index in [1.807, 2.05) is 30.3 Å². The first kappa shape index (κ1) is 10.6. The van der Waals surface area contributed by atoms with Gasteiger partial charge in [-0.2, -0.15) is 0 Å². The molecule has 5 heteroatoms. The average molecular weight is 234 g/mol. The van der Waals surface area contributed by atoms with Crippen molar-refractivity contribution < 1.29 is 4.74 Å². The number of para-hydroxylation sites is 1. The van der Waals surface area contributed by atoms with Crippen molar-refractivity contribution >= 4 is 12.2 Å². The quantitative estimate of drug-likeness (QED) is 0.807. The average Bonchev–Trinajstić information content (AvgIpc) is 2.34. The summed E-state index contributed by atoms with van der Waals surface area (Å²) in [6.45, 7) is 0. The lowest BCUT2D eigenvalue weighted by molar-refractivity contribution is 0.407. The summed E-state index contributed by atoms with van der Waals surface area (Å²) in [6.07, 6.45) is 1.57. The Bertz CT molecular complexity index is 601. The summed E-state index contributed by atoms with van der Waals surface area (Å²) in [5.74, 6) is 0.382. The molecule has 0 aliphatic heterocycles. The smallest absolute Gasteiger partial charge is 0.291 e. The van der Waals surface area contributed by atoms with Gasteiger partial charge in [-0.3, -0.25) is 9.89 Å². The number of H-pyrrole nitrogens is 1. The Balaban J connectivity index is 2.66. The molecule has 1 aromatic carbocycles. The van der Waals surface area contributed by atoms with E-state index < -0.39 is 0 Å². The Morgan fingerprint density at radius 1 is 1.31 bits per heavy atom. The van der Waals surface area contributed by atoms with E-state index in [-0.39, 0.29) is 10.1 Å². The van der Waals surface area contributed by atoms with Gasteiger partial charge in [0.25, 0.3) is 5.56 Å². The zero-order valence-electron chi connectivity index (χ0n) is 8.64. The van der Waals surface area contributed by atoms with Crippen molar-refractivity contribution in [2.24, 2.45) is 0 Å². The van der Waals surface area contributed by atoms with Crippen molar-refractivity contribution in [1.29, 1.82) is 0 Å². The maximum absolute atomic E-state index is 11.9. The largest absolute Gasteiger partial charge is 0.493 e. The second kappa shape index (κ2) is 4.32. The minimum absolute atomic E-state index is 0.171. The molecule has 0 unspecified atom stereocenters. The van der Waals surface area contributed by atoms with Gasteiger partial charge in [-0.15, -0.1) is 0 Å². The van der Waals surface area contributed by atoms with E-state index in [2.05, 4.69) is 5.10 Å². The first-order valence-electron chi connectivity index (χ1n) is 4.68. The highest BCUT2D eigenvalue weighted by atomic mass is 32.1. The molecule has 4 nitrogen and oxygen atoms in total. The predicted octanol–water partition coefficient (Wildman–Crippen LogP) is 1.90. The molecule has 0 aliphatic rings. The molecular formula is C11H10N2O2S. The Hall–Kier alpha value is -1.88. The van der Waals surface area contributed by atoms with Gasteiger partial charge in [-0.05, 0) is 12.1 Å². The molecule has 0 atom stereocenters. The van der Waals surface area contributed by atoms with Crippen molar-refractivity contribution in [2.75, 3.05) is 7.11 Å². The maximum atomic E-state index is 11.9. The minimum Gasteiger partial charge on any atom is -0.493 e. The summed E-state index contributed by atoms with van der Waals surface area (Å²) >= 11 is 5.00. The summed E-state index contributed by atoms with van der Waals surface area (Å²) < 4.78 is 6.52. The normalized spacial score (nSPS) is 10.1. The maximum Gasteiger partial charge on any atom is 0.291 e. The lowest BCUT2D eigenvalue weighted by Crippen LogP contribution is -2.21. The second-order valence-corrected chi connectivity index (χ2v) is 3.56. The molecule has 1 aromatic heterocycles. The predicted molar refractivity (Wildman–Crippen MR) is 63.8 cm³/mol. The van der Waals surface area contributed by atoms with Crippen LogP contribution in [0.1, 0.15) is 0 Å². The van der Waals surface area contributed by atoms with Crippen molar-refractivity contribution in [2.45, 2.75) is 0 Å². The van der Waals surface area contributed by atoms with E-state index in [0.717, 1.165) is 5.69 Å². The number of benzene rings is 1. The number of aromatic nitrogens is 2. The molecule has 1 N–H and O–H groups in total. The Morgan fingerprint density at radius 3 is 2.62 bits per heavy atom. The SMILES string of the molecule is COc1c[nH]n(-c2ccccc2)c(=O)c1=S. The molecule has 0 saturated heterocycles. The molecule has 0 radical (unpaired) electrons. The van der Waals surface area contributed by atoms with E-state index in [0.29, 0.717) is 5.75 Å². The molecular weight excluding hydrogens is 224 g/mol. The van der Waals surface area contributed by atoms with Gasteiger partial charge in [-0.1, -0.05) is 30.4 Å². The lowest BCUT2D eigenvalue weighted by Gasteiger charge is -2.06. The summed E-state index contributed by atoms with van der Waals surface area (Å²) in [7, 11) is 1.48. The van der Waals surface area contributed by atoms with Crippen LogP contribution >= 0.6 is 12.2 Å². The molecule has 2 aromatic rings. The van der Waals surface area contributed by atoms with E-state index in [1.165, 1.54) is 11.8 Å². The number of nitrogens with one attached hydrogen (secondary N) is 1. The number of ether oxygens (including phenoxy) is 1. The first-order valence-corrected chi connectivity index (χ1v) is 5.09. The highest BCUT2D eigenvalue weighted by molar-refractivity contribution is 7.71. The highest BCUT2D eigenvalue weighted by Gasteiger charge is 2.04. The standard InChI is InChI=1S/C11H10N2O2S/c1-15-9-7-12-13(11(14)10(9)16)8-5-3-2-4-6-8/h2-7,12H,1H3. The van der Waals surface area contributed by atoms with E-state index in [9.17, 15) is 4.79 Å². The number of rotatable bonds is 2. The van der Waals surface area contributed by atoms with Gasteiger partial charge in [0.15, 0.2) is 5.75 Å². The van der Waals surface area contributed by atoms with Gasteiger partial charge >= 0.3 is 0 Å². The van der Waals surface area contributed by atoms with Gasteiger partial charge in [0, 0.05) is 0 Å². The van der Waals surface area contributed by atoms with Crippen LogP contribution < -0.4 is 10.3 Å². The van der Waals surface area contributed by atoms with Crippen molar-refractivity contribution in [1.82, 2.24) is 9.78 Å². The van der Waals surface area contributed by atoms with E-state index in [4.69, 9.17) is 17.0 Å². The van der Waals surface area contributed by atoms with Gasteiger partial charge in [-0.25, -0.2) is 4.68 Å². The third-order valence-electron chi connectivity index (χ3n) is 2.18. The molecule has 0 bridgehead atoms. The Kier molecular flexibility index (Phi) is 2.87. The van der Waals surface area contributed by atoms with Crippen LogP contribution in [-0.4, -0.2) is 16.9 Å². The fourth-order valence-corrected chi connectivity index (χ4v) is 1.61. The van der Waals surface area contributed by atoms with Crippen molar-refractivity contribution in [3.05, 3.63) is 51.4 Å².